The summed E-state index contributed by atoms with van der Waals surface area (Å²) in [6, 6.07) is -3.43. The van der Waals surface area contributed by atoms with Gasteiger partial charge in [-0.15, -0.1) is 0 Å². The SMILES string of the molecule is CCC(C)C(N)C(=O)N1CCCC1C(=O)NC(C)C(=O)NC(CS)C(=O)O. The number of hydrogen-bond donors (Lipinski definition) is 5. The molecule has 5 N–H and O–H groups in total. The first-order chi connectivity index (χ1) is 12.6. The summed E-state index contributed by atoms with van der Waals surface area (Å²) in [7, 11) is 0. The molecule has 5 atom stereocenters. The number of thiol groups is 1. The molecule has 10 heteroatoms. The maximum absolute atomic E-state index is 12.6. The molecular weight excluding hydrogens is 372 g/mol. The summed E-state index contributed by atoms with van der Waals surface area (Å²) in [5, 5.41) is 13.8. The lowest BCUT2D eigenvalue weighted by Crippen LogP contribution is -2.56. The highest BCUT2D eigenvalue weighted by Crippen LogP contribution is 2.20. The summed E-state index contributed by atoms with van der Waals surface area (Å²) >= 11 is 3.88. The Kier molecular flexibility index (Phi) is 9.04. The van der Waals surface area contributed by atoms with Crippen molar-refractivity contribution >= 4 is 36.3 Å². The molecular formula is C17H30N4O5S. The van der Waals surface area contributed by atoms with Gasteiger partial charge >= 0.3 is 5.97 Å². The summed E-state index contributed by atoms with van der Waals surface area (Å²) in [4.78, 5) is 49.7. The molecule has 0 bridgehead atoms. The average molecular weight is 403 g/mol. The third kappa shape index (κ3) is 6.10. The van der Waals surface area contributed by atoms with Gasteiger partial charge in [-0.2, -0.15) is 12.6 Å². The van der Waals surface area contributed by atoms with Crippen molar-refractivity contribution in [1.82, 2.24) is 15.5 Å². The number of likely N-dealkylation sites (tertiary alicyclic amines) is 1. The molecule has 1 rings (SSSR count). The van der Waals surface area contributed by atoms with Gasteiger partial charge in [0.05, 0.1) is 6.04 Å². The number of hydrogen-bond acceptors (Lipinski definition) is 6. The predicted molar refractivity (Wildman–Crippen MR) is 103 cm³/mol. The Morgan fingerprint density at radius 2 is 1.89 bits per heavy atom. The van der Waals surface area contributed by atoms with Crippen LogP contribution in [0.4, 0.5) is 0 Å². The van der Waals surface area contributed by atoms with E-state index < -0.39 is 42.0 Å². The molecule has 0 radical (unpaired) electrons. The number of carbonyl (C=O) groups is 4. The van der Waals surface area contributed by atoms with Crippen LogP contribution in [0.1, 0.15) is 40.0 Å². The van der Waals surface area contributed by atoms with E-state index in [1.54, 1.807) is 0 Å². The number of carbonyl (C=O) groups excluding carboxylic acids is 3. The van der Waals surface area contributed by atoms with E-state index in [4.69, 9.17) is 10.8 Å². The van der Waals surface area contributed by atoms with E-state index >= 15 is 0 Å². The summed E-state index contributed by atoms with van der Waals surface area (Å²) in [6.45, 7) is 5.74. The molecule has 1 aliphatic rings. The van der Waals surface area contributed by atoms with E-state index in [-0.39, 0.29) is 17.6 Å². The Labute approximate surface area is 164 Å². The van der Waals surface area contributed by atoms with Gasteiger partial charge in [0.2, 0.25) is 17.7 Å². The lowest BCUT2D eigenvalue weighted by molar-refractivity contribution is -0.142. The first-order valence-corrected chi connectivity index (χ1v) is 9.77. The molecule has 27 heavy (non-hydrogen) atoms. The second-order valence-corrected chi connectivity index (χ2v) is 7.28. The Morgan fingerprint density at radius 1 is 1.26 bits per heavy atom. The number of carboxylic acid groups (broad SMARTS) is 1. The standard InChI is InChI=1S/C17H30N4O5S/c1-4-9(2)13(18)16(24)21-7-5-6-12(21)15(23)19-10(3)14(22)20-11(8-27)17(25)26/h9-13,27H,4-8,18H2,1-3H3,(H,19,23)(H,20,22)(H,25,26). The van der Waals surface area contributed by atoms with Crippen molar-refractivity contribution in [1.29, 1.82) is 0 Å². The van der Waals surface area contributed by atoms with Crippen molar-refractivity contribution in [2.24, 2.45) is 11.7 Å². The van der Waals surface area contributed by atoms with Gasteiger partial charge in [0.25, 0.3) is 0 Å². The highest BCUT2D eigenvalue weighted by Gasteiger charge is 2.38. The quantitative estimate of drug-likeness (QED) is 0.325. The molecule has 0 aromatic carbocycles. The first-order valence-electron chi connectivity index (χ1n) is 9.14. The number of amides is 3. The molecule has 0 aliphatic carbocycles. The molecule has 1 aliphatic heterocycles. The van der Waals surface area contributed by atoms with Crippen LogP contribution in [0.5, 0.6) is 0 Å². The Balaban J connectivity index is 2.70. The Morgan fingerprint density at radius 3 is 2.41 bits per heavy atom. The van der Waals surface area contributed by atoms with Crippen molar-refractivity contribution < 1.29 is 24.3 Å². The number of carboxylic acids is 1. The van der Waals surface area contributed by atoms with Gasteiger partial charge in [-0.1, -0.05) is 20.3 Å². The topological polar surface area (TPSA) is 142 Å². The van der Waals surface area contributed by atoms with E-state index in [2.05, 4.69) is 23.3 Å². The number of rotatable bonds is 9. The van der Waals surface area contributed by atoms with Gasteiger partial charge < -0.3 is 26.4 Å². The highest BCUT2D eigenvalue weighted by molar-refractivity contribution is 7.80. The molecule has 1 fully saturated rings. The zero-order valence-corrected chi connectivity index (χ0v) is 16.9. The zero-order valence-electron chi connectivity index (χ0n) is 16.0. The fourth-order valence-electron chi connectivity index (χ4n) is 2.85. The highest BCUT2D eigenvalue weighted by atomic mass is 32.1. The van der Waals surface area contributed by atoms with Crippen molar-refractivity contribution in [3.63, 3.8) is 0 Å². The molecule has 154 valence electrons. The first kappa shape index (κ1) is 23.2. The van der Waals surface area contributed by atoms with Gasteiger partial charge in [0, 0.05) is 12.3 Å². The molecule has 1 saturated heterocycles. The molecule has 0 aromatic rings. The van der Waals surface area contributed by atoms with E-state index in [0.29, 0.717) is 19.4 Å². The van der Waals surface area contributed by atoms with Gasteiger partial charge in [-0.3, -0.25) is 14.4 Å². The minimum atomic E-state index is -1.21. The van der Waals surface area contributed by atoms with Crippen LogP contribution in [-0.2, 0) is 19.2 Å². The lowest BCUT2D eigenvalue weighted by Gasteiger charge is -2.29. The third-order valence-corrected chi connectivity index (χ3v) is 5.30. The molecule has 0 spiro atoms. The molecule has 0 aromatic heterocycles. The lowest BCUT2D eigenvalue weighted by atomic mass is 9.98. The number of nitrogens with zero attached hydrogens (tertiary/aromatic N) is 1. The van der Waals surface area contributed by atoms with Crippen LogP contribution >= 0.6 is 12.6 Å². The fraction of sp³-hybridized carbons (Fsp3) is 0.765. The molecule has 0 saturated carbocycles. The van der Waals surface area contributed by atoms with Gasteiger partial charge in [-0.25, -0.2) is 4.79 Å². The average Bonchev–Trinajstić information content (AvgIpc) is 3.13. The molecule has 5 unspecified atom stereocenters. The van der Waals surface area contributed by atoms with E-state index in [1.165, 1.54) is 11.8 Å². The molecule has 3 amide bonds. The van der Waals surface area contributed by atoms with Crippen molar-refractivity contribution in [3.8, 4) is 0 Å². The Bertz CT molecular complexity index is 574. The summed E-state index contributed by atoms with van der Waals surface area (Å²) in [5.74, 6) is -2.61. The third-order valence-electron chi connectivity index (χ3n) is 4.93. The Hall–Kier alpha value is -1.81. The summed E-state index contributed by atoms with van der Waals surface area (Å²) < 4.78 is 0. The van der Waals surface area contributed by atoms with Crippen LogP contribution < -0.4 is 16.4 Å². The van der Waals surface area contributed by atoms with Crippen LogP contribution in [0.2, 0.25) is 0 Å². The largest absolute Gasteiger partial charge is 0.480 e. The van der Waals surface area contributed by atoms with Crippen LogP contribution in [0, 0.1) is 5.92 Å². The minimum Gasteiger partial charge on any atom is -0.480 e. The van der Waals surface area contributed by atoms with Crippen LogP contribution in [0.3, 0.4) is 0 Å². The van der Waals surface area contributed by atoms with E-state index in [9.17, 15) is 19.2 Å². The van der Waals surface area contributed by atoms with Gasteiger partial charge in [-0.05, 0) is 25.7 Å². The van der Waals surface area contributed by atoms with Crippen molar-refractivity contribution in [2.45, 2.75) is 64.2 Å². The maximum Gasteiger partial charge on any atom is 0.327 e. The van der Waals surface area contributed by atoms with Crippen molar-refractivity contribution in [2.75, 3.05) is 12.3 Å². The summed E-state index contributed by atoms with van der Waals surface area (Å²) in [6.07, 6.45) is 1.93. The smallest absolute Gasteiger partial charge is 0.327 e. The van der Waals surface area contributed by atoms with Crippen molar-refractivity contribution in [3.05, 3.63) is 0 Å². The zero-order chi connectivity index (χ0) is 20.7. The van der Waals surface area contributed by atoms with Crippen LogP contribution in [0.25, 0.3) is 0 Å². The van der Waals surface area contributed by atoms with E-state index in [1.807, 2.05) is 13.8 Å². The fourth-order valence-corrected chi connectivity index (χ4v) is 3.10. The number of aliphatic carboxylic acids is 1. The molecule has 1 heterocycles. The maximum atomic E-state index is 12.6. The number of nitrogens with one attached hydrogen (secondary N) is 2. The predicted octanol–water partition coefficient (Wildman–Crippen LogP) is -0.645. The molecule has 9 nitrogen and oxygen atoms in total. The van der Waals surface area contributed by atoms with Crippen LogP contribution in [-0.4, -0.2) is 70.2 Å². The monoisotopic (exact) mass is 402 g/mol. The van der Waals surface area contributed by atoms with Gasteiger partial charge in [0.1, 0.15) is 18.1 Å². The second-order valence-electron chi connectivity index (χ2n) is 6.91. The normalized spacial score (nSPS) is 21.1. The van der Waals surface area contributed by atoms with Crippen LogP contribution in [0.15, 0.2) is 0 Å². The van der Waals surface area contributed by atoms with Gasteiger partial charge in [0.15, 0.2) is 0 Å². The minimum absolute atomic E-state index is 0.000646. The van der Waals surface area contributed by atoms with E-state index in [0.717, 1.165) is 6.42 Å². The number of nitrogens with two attached hydrogens (primary N) is 1. The second kappa shape index (κ2) is 10.5. The summed E-state index contributed by atoms with van der Waals surface area (Å²) in [5.41, 5.74) is 6.01.